The van der Waals surface area contributed by atoms with Gasteiger partial charge in [0.2, 0.25) is 0 Å². The minimum atomic E-state index is 0.0950. The Bertz CT molecular complexity index is 1210. The molecule has 1 amide bonds. The second-order valence-corrected chi connectivity index (χ2v) is 8.73. The summed E-state index contributed by atoms with van der Waals surface area (Å²) < 4.78 is 2.18. The van der Waals surface area contributed by atoms with E-state index in [1.807, 2.05) is 77.7 Å². The van der Waals surface area contributed by atoms with Gasteiger partial charge in [-0.2, -0.15) is 0 Å². The number of amides is 1. The number of carbonyl (C=O) groups excluding carboxylic acids is 1. The molecule has 0 aliphatic heterocycles. The Morgan fingerprint density at radius 3 is 2.25 bits per heavy atom. The largest absolute Gasteiger partial charge is 0.345 e. The highest BCUT2D eigenvalue weighted by atomic mass is 35.5. The Kier molecular flexibility index (Phi) is 5.83. The molecule has 1 fully saturated rings. The van der Waals surface area contributed by atoms with E-state index >= 15 is 0 Å². The number of benzene rings is 3. The van der Waals surface area contributed by atoms with Crippen LogP contribution < -0.4 is 0 Å². The van der Waals surface area contributed by atoms with Crippen molar-refractivity contribution < 1.29 is 4.79 Å². The maximum Gasteiger partial charge on any atom is 0.254 e. The van der Waals surface area contributed by atoms with E-state index in [0.29, 0.717) is 19.1 Å². The van der Waals surface area contributed by atoms with Crippen LogP contribution in [0.1, 0.15) is 34.5 Å². The quantitative estimate of drug-likeness (QED) is 0.315. The number of nitrogens with zero attached hydrogens (tertiary/aromatic N) is 2. The molecule has 160 valence electrons. The average molecular weight is 441 g/mol. The summed E-state index contributed by atoms with van der Waals surface area (Å²) in [7, 11) is 0. The van der Waals surface area contributed by atoms with E-state index in [4.69, 9.17) is 11.6 Å². The van der Waals surface area contributed by atoms with Crippen LogP contribution in [-0.4, -0.2) is 21.4 Å². The van der Waals surface area contributed by atoms with E-state index in [-0.39, 0.29) is 5.91 Å². The molecule has 3 nitrogen and oxygen atoms in total. The van der Waals surface area contributed by atoms with Gasteiger partial charge in [0, 0.05) is 35.1 Å². The van der Waals surface area contributed by atoms with Crippen molar-refractivity contribution in [3.8, 4) is 11.1 Å². The topological polar surface area (TPSA) is 25.2 Å². The smallest absolute Gasteiger partial charge is 0.254 e. The van der Waals surface area contributed by atoms with Crippen LogP contribution in [0.4, 0.5) is 0 Å². The van der Waals surface area contributed by atoms with Crippen LogP contribution >= 0.6 is 11.6 Å². The van der Waals surface area contributed by atoms with Crippen LogP contribution in [0.25, 0.3) is 11.1 Å². The molecule has 1 aliphatic carbocycles. The van der Waals surface area contributed by atoms with Crippen LogP contribution in [-0.2, 0) is 13.1 Å². The highest BCUT2D eigenvalue weighted by molar-refractivity contribution is 6.31. The molecule has 4 heteroatoms. The Balaban J connectivity index is 1.35. The summed E-state index contributed by atoms with van der Waals surface area (Å²) in [6, 6.07) is 30.6. The van der Waals surface area contributed by atoms with Crippen LogP contribution in [0, 0.1) is 0 Å². The van der Waals surface area contributed by atoms with Gasteiger partial charge in [0.05, 0.1) is 6.54 Å². The summed E-state index contributed by atoms with van der Waals surface area (Å²) in [5.74, 6) is 0.0950. The van der Waals surface area contributed by atoms with E-state index < -0.39 is 0 Å². The number of hydrogen-bond donors (Lipinski definition) is 0. The normalized spacial score (nSPS) is 13.2. The summed E-state index contributed by atoms with van der Waals surface area (Å²) in [6.07, 6.45) is 4.20. The standard InChI is InChI=1S/C28H25ClN2O/c29-27-11-5-4-9-24(27)19-30-18-6-10-26(30)20-31(25-16-17-25)28(32)23-14-12-22(13-15-23)21-7-2-1-3-8-21/h1-15,18,25H,16-17,19-20H2. The summed E-state index contributed by atoms with van der Waals surface area (Å²) in [5.41, 5.74) is 5.20. The first-order valence-corrected chi connectivity index (χ1v) is 11.4. The van der Waals surface area contributed by atoms with E-state index in [1.165, 1.54) is 0 Å². The Morgan fingerprint density at radius 1 is 0.844 bits per heavy atom. The highest BCUT2D eigenvalue weighted by Crippen LogP contribution is 2.31. The second-order valence-electron chi connectivity index (χ2n) is 8.33. The van der Waals surface area contributed by atoms with Gasteiger partial charge in [-0.05, 0) is 59.9 Å². The molecule has 0 saturated heterocycles. The molecule has 0 radical (unpaired) electrons. The molecule has 0 atom stereocenters. The zero-order valence-corrected chi connectivity index (χ0v) is 18.6. The third-order valence-electron chi connectivity index (χ3n) is 6.04. The number of rotatable bonds is 7. The molecule has 1 heterocycles. The fourth-order valence-corrected chi connectivity index (χ4v) is 4.28. The molecule has 32 heavy (non-hydrogen) atoms. The monoisotopic (exact) mass is 440 g/mol. The van der Waals surface area contributed by atoms with Gasteiger partial charge in [0.25, 0.3) is 5.91 Å². The van der Waals surface area contributed by atoms with Crippen molar-refractivity contribution in [3.05, 3.63) is 119 Å². The number of halogens is 1. The van der Waals surface area contributed by atoms with Crippen LogP contribution in [0.5, 0.6) is 0 Å². The van der Waals surface area contributed by atoms with Crippen molar-refractivity contribution in [3.63, 3.8) is 0 Å². The summed E-state index contributed by atoms with van der Waals surface area (Å²) in [4.78, 5) is 15.4. The SMILES string of the molecule is O=C(c1ccc(-c2ccccc2)cc1)N(Cc1cccn1Cc1ccccc1Cl)C1CC1. The number of hydrogen-bond acceptors (Lipinski definition) is 1. The lowest BCUT2D eigenvalue weighted by molar-refractivity contribution is 0.0726. The van der Waals surface area contributed by atoms with Gasteiger partial charge in [-0.15, -0.1) is 0 Å². The molecular formula is C28H25ClN2O. The molecule has 0 spiro atoms. The van der Waals surface area contributed by atoms with Gasteiger partial charge < -0.3 is 9.47 Å². The fourth-order valence-electron chi connectivity index (χ4n) is 4.09. The lowest BCUT2D eigenvalue weighted by atomic mass is 10.0. The summed E-state index contributed by atoms with van der Waals surface area (Å²) in [5, 5.41) is 0.765. The summed E-state index contributed by atoms with van der Waals surface area (Å²) >= 11 is 6.37. The molecule has 1 saturated carbocycles. The molecule has 0 bridgehead atoms. The van der Waals surface area contributed by atoms with Crippen molar-refractivity contribution in [2.24, 2.45) is 0 Å². The summed E-state index contributed by atoms with van der Waals surface area (Å²) in [6.45, 7) is 1.29. The molecular weight excluding hydrogens is 416 g/mol. The molecule has 5 rings (SSSR count). The van der Waals surface area contributed by atoms with Gasteiger partial charge in [-0.25, -0.2) is 0 Å². The first kappa shape index (κ1) is 20.6. The van der Waals surface area contributed by atoms with E-state index in [9.17, 15) is 4.79 Å². The van der Waals surface area contributed by atoms with Gasteiger partial charge in [0.1, 0.15) is 0 Å². The second kappa shape index (κ2) is 9.05. The highest BCUT2D eigenvalue weighted by Gasteiger charge is 2.33. The number of carbonyl (C=O) groups is 1. The van der Waals surface area contributed by atoms with Crippen LogP contribution in [0.15, 0.2) is 97.2 Å². The molecule has 0 N–H and O–H groups in total. The molecule has 0 unspecified atom stereocenters. The number of aromatic nitrogens is 1. The van der Waals surface area contributed by atoms with Gasteiger partial charge >= 0.3 is 0 Å². The Labute approximate surface area is 193 Å². The van der Waals surface area contributed by atoms with Crippen LogP contribution in [0.3, 0.4) is 0 Å². The minimum Gasteiger partial charge on any atom is -0.345 e. The van der Waals surface area contributed by atoms with Crippen LogP contribution in [0.2, 0.25) is 5.02 Å². The van der Waals surface area contributed by atoms with Gasteiger partial charge in [0.15, 0.2) is 0 Å². The van der Waals surface area contributed by atoms with E-state index in [2.05, 4.69) is 29.0 Å². The van der Waals surface area contributed by atoms with Crippen molar-refractivity contribution in [2.45, 2.75) is 32.0 Å². The van der Waals surface area contributed by atoms with Crippen molar-refractivity contribution in [2.75, 3.05) is 0 Å². The average Bonchev–Trinajstić information content (AvgIpc) is 3.59. The lowest BCUT2D eigenvalue weighted by Crippen LogP contribution is -2.33. The van der Waals surface area contributed by atoms with Gasteiger partial charge in [-0.1, -0.05) is 72.3 Å². The Hall–Kier alpha value is -3.30. The first-order chi connectivity index (χ1) is 15.7. The minimum absolute atomic E-state index is 0.0950. The Morgan fingerprint density at radius 2 is 1.53 bits per heavy atom. The lowest BCUT2D eigenvalue weighted by Gasteiger charge is -2.24. The predicted octanol–water partition coefficient (Wildman–Crippen LogP) is 6.66. The first-order valence-electron chi connectivity index (χ1n) is 11.0. The molecule has 4 aromatic rings. The van der Waals surface area contributed by atoms with Gasteiger partial charge in [-0.3, -0.25) is 4.79 Å². The maximum absolute atomic E-state index is 13.4. The molecule has 3 aromatic carbocycles. The fraction of sp³-hybridized carbons (Fsp3) is 0.179. The van der Waals surface area contributed by atoms with Crippen molar-refractivity contribution >= 4 is 17.5 Å². The third-order valence-corrected chi connectivity index (χ3v) is 6.41. The third kappa shape index (κ3) is 4.49. The maximum atomic E-state index is 13.4. The zero-order valence-electron chi connectivity index (χ0n) is 17.8. The van der Waals surface area contributed by atoms with Crippen molar-refractivity contribution in [1.82, 2.24) is 9.47 Å². The zero-order chi connectivity index (χ0) is 21.9. The van der Waals surface area contributed by atoms with E-state index in [0.717, 1.165) is 45.8 Å². The van der Waals surface area contributed by atoms with E-state index in [1.54, 1.807) is 0 Å². The molecule has 1 aromatic heterocycles. The predicted molar refractivity (Wildman–Crippen MR) is 130 cm³/mol. The molecule has 1 aliphatic rings. The van der Waals surface area contributed by atoms with Crippen molar-refractivity contribution in [1.29, 1.82) is 0 Å².